The molecule has 0 spiro atoms. The van der Waals surface area contributed by atoms with Crippen molar-refractivity contribution in [3.63, 3.8) is 0 Å². The highest BCUT2D eigenvalue weighted by Gasteiger charge is 2.27. The summed E-state index contributed by atoms with van der Waals surface area (Å²) in [7, 11) is 0. The van der Waals surface area contributed by atoms with E-state index in [1.165, 1.54) is 59.1 Å². The van der Waals surface area contributed by atoms with Crippen molar-refractivity contribution >= 4 is 37.3 Å². The minimum Gasteiger partial charge on any atom is -0.350 e. The van der Waals surface area contributed by atoms with Crippen molar-refractivity contribution in [3.8, 4) is 33.4 Å². The van der Waals surface area contributed by atoms with Crippen molar-refractivity contribution in [3.05, 3.63) is 193 Å². The van der Waals surface area contributed by atoms with Crippen molar-refractivity contribution in [1.29, 1.82) is 0 Å². The highest BCUT2D eigenvalue weighted by Crippen LogP contribution is 2.41. The smallest absolute Gasteiger partial charge is 0.131 e. The number of rotatable bonds is 6. The molecule has 8 aromatic rings. The molecule has 1 aliphatic rings. The molecule has 0 radical (unpaired) electrons. The number of amidine groups is 1. The second kappa shape index (κ2) is 12.7. The molecule has 3 nitrogen and oxygen atoms in total. The quantitative estimate of drug-likeness (QED) is 0.188. The van der Waals surface area contributed by atoms with Gasteiger partial charge in [0.1, 0.15) is 18.2 Å². The average Bonchev–Trinajstić information content (AvgIpc) is 3.57. The first-order valence-corrected chi connectivity index (χ1v) is 17.5. The maximum atomic E-state index is 5.21. The van der Waals surface area contributed by atoms with Gasteiger partial charge in [-0.2, -0.15) is 0 Å². The molecular weight excluding hydrogens is 615 g/mol. The largest absolute Gasteiger partial charge is 0.350 e. The molecule has 0 fully saturated rings. The van der Waals surface area contributed by atoms with Crippen LogP contribution < -0.4 is 10.6 Å². The Morgan fingerprint density at radius 1 is 0.449 bits per heavy atom. The standard InChI is InChI=1S/C45H33N3S/c1-4-11-30(12-5-1)32-19-21-34(22-20-32)37-27-28-40-39(29-37)42-38(17-10-18-41(42)49-40)45-47-43(35-15-8-3-9-16-35)46-44(48-45)36-25-23-33(24-26-36)31-13-6-2-7-14-31/h1-29,43,45,47H,(H,46,48). The number of hydrogen-bond donors (Lipinski definition) is 2. The molecule has 2 N–H and O–H groups in total. The molecule has 1 aliphatic heterocycles. The summed E-state index contributed by atoms with van der Waals surface area (Å²) >= 11 is 1.85. The second-order valence-corrected chi connectivity index (χ2v) is 13.5. The fourth-order valence-electron chi connectivity index (χ4n) is 6.88. The lowest BCUT2D eigenvalue weighted by atomic mass is 9.97. The van der Waals surface area contributed by atoms with Gasteiger partial charge in [-0.3, -0.25) is 5.32 Å². The topological polar surface area (TPSA) is 36.4 Å². The number of nitrogens with one attached hydrogen (secondary N) is 2. The van der Waals surface area contributed by atoms with Gasteiger partial charge >= 0.3 is 0 Å². The summed E-state index contributed by atoms with van der Waals surface area (Å²) in [6.45, 7) is 0. The van der Waals surface area contributed by atoms with Crippen LogP contribution in [0.25, 0.3) is 53.6 Å². The van der Waals surface area contributed by atoms with Crippen LogP contribution in [0.2, 0.25) is 0 Å². The van der Waals surface area contributed by atoms with Crippen molar-refractivity contribution in [2.45, 2.75) is 12.3 Å². The van der Waals surface area contributed by atoms with Gasteiger partial charge in [0.2, 0.25) is 0 Å². The number of thiophene rings is 1. The zero-order valence-corrected chi connectivity index (χ0v) is 27.6. The van der Waals surface area contributed by atoms with Crippen molar-refractivity contribution in [2.75, 3.05) is 0 Å². The fraction of sp³-hybridized carbons (Fsp3) is 0.0444. The zero-order valence-electron chi connectivity index (χ0n) is 26.8. The molecule has 0 bridgehead atoms. The summed E-state index contributed by atoms with van der Waals surface area (Å²) in [5.41, 5.74) is 10.7. The van der Waals surface area contributed by atoms with Crippen molar-refractivity contribution in [1.82, 2.24) is 10.6 Å². The van der Waals surface area contributed by atoms with Crippen LogP contribution in [0, 0.1) is 0 Å². The van der Waals surface area contributed by atoms with E-state index in [1.807, 2.05) is 11.3 Å². The van der Waals surface area contributed by atoms with E-state index < -0.39 is 0 Å². The van der Waals surface area contributed by atoms with Gasteiger partial charge in [0.25, 0.3) is 0 Å². The first-order chi connectivity index (χ1) is 24.3. The molecule has 0 amide bonds. The van der Waals surface area contributed by atoms with E-state index in [0.717, 1.165) is 17.0 Å². The predicted molar refractivity (Wildman–Crippen MR) is 207 cm³/mol. The van der Waals surface area contributed by atoms with Gasteiger partial charge < -0.3 is 5.32 Å². The van der Waals surface area contributed by atoms with Gasteiger partial charge in [-0.05, 0) is 62.7 Å². The molecular formula is C45H33N3S. The van der Waals surface area contributed by atoms with E-state index in [4.69, 9.17) is 4.99 Å². The van der Waals surface area contributed by atoms with Crippen molar-refractivity contribution < 1.29 is 0 Å². The Morgan fingerprint density at radius 2 is 0.980 bits per heavy atom. The van der Waals surface area contributed by atoms with Crippen LogP contribution in [0.5, 0.6) is 0 Å². The second-order valence-electron chi connectivity index (χ2n) is 12.5. The summed E-state index contributed by atoms with van der Waals surface area (Å²) < 4.78 is 2.56. The molecule has 9 rings (SSSR count). The van der Waals surface area contributed by atoms with Crippen LogP contribution in [-0.2, 0) is 0 Å². The van der Waals surface area contributed by atoms with Crippen LogP contribution in [0.1, 0.15) is 29.0 Å². The molecule has 2 unspecified atom stereocenters. The van der Waals surface area contributed by atoms with Gasteiger partial charge in [0, 0.05) is 25.7 Å². The van der Waals surface area contributed by atoms with E-state index in [9.17, 15) is 0 Å². The first kappa shape index (κ1) is 29.3. The fourth-order valence-corrected chi connectivity index (χ4v) is 8.00. The van der Waals surface area contributed by atoms with Crippen LogP contribution >= 0.6 is 11.3 Å². The number of benzene rings is 7. The number of fused-ring (bicyclic) bond motifs is 3. The summed E-state index contributed by atoms with van der Waals surface area (Å²) in [6.07, 6.45) is -0.350. The zero-order chi connectivity index (χ0) is 32.6. The number of aliphatic imine (C=N–C) groups is 1. The Balaban J connectivity index is 1.10. The molecule has 234 valence electrons. The van der Waals surface area contributed by atoms with E-state index in [1.54, 1.807) is 0 Å². The number of nitrogens with zero attached hydrogens (tertiary/aromatic N) is 1. The summed E-state index contributed by atoms with van der Waals surface area (Å²) in [6, 6.07) is 62.8. The monoisotopic (exact) mass is 647 g/mol. The summed E-state index contributed by atoms with van der Waals surface area (Å²) in [5.74, 6) is 0.882. The average molecular weight is 648 g/mol. The number of hydrogen-bond acceptors (Lipinski definition) is 4. The van der Waals surface area contributed by atoms with Gasteiger partial charge in [-0.25, -0.2) is 4.99 Å². The van der Waals surface area contributed by atoms with E-state index in [0.29, 0.717) is 0 Å². The third kappa shape index (κ3) is 5.72. The van der Waals surface area contributed by atoms with Gasteiger partial charge in [0.15, 0.2) is 0 Å². The lowest BCUT2D eigenvalue weighted by molar-refractivity contribution is 0.411. The third-order valence-corrected chi connectivity index (χ3v) is 10.5. The van der Waals surface area contributed by atoms with Gasteiger partial charge in [-0.15, -0.1) is 11.3 Å². The van der Waals surface area contributed by atoms with Gasteiger partial charge in [0.05, 0.1) is 0 Å². The molecule has 2 heterocycles. The van der Waals surface area contributed by atoms with Crippen LogP contribution in [0.4, 0.5) is 0 Å². The SMILES string of the molecule is c1ccc(-c2ccc(C3=NC(c4ccccc4)NC(c4cccc5sc6ccc(-c7ccc(-c8ccccc8)cc7)cc6c45)N3)cc2)cc1. The summed E-state index contributed by atoms with van der Waals surface area (Å²) in [4.78, 5) is 5.21. The minimum atomic E-state index is -0.199. The highest BCUT2D eigenvalue weighted by atomic mass is 32.1. The van der Waals surface area contributed by atoms with Crippen LogP contribution in [-0.4, -0.2) is 5.84 Å². The maximum Gasteiger partial charge on any atom is 0.131 e. The Hall–Kier alpha value is -5.81. The highest BCUT2D eigenvalue weighted by molar-refractivity contribution is 7.25. The lowest BCUT2D eigenvalue weighted by Crippen LogP contribution is -2.45. The van der Waals surface area contributed by atoms with Crippen molar-refractivity contribution in [2.24, 2.45) is 4.99 Å². The van der Waals surface area contributed by atoms with E-state index in [2.05, 4.69) is 187 Å². The Kier molecular flexibility index (Phi) is 7.58. The molecule has 49 heavy (non-hydrogen) atoms. The third-order valence-electron chi connectivity index (χ3n) is 9.41. The van der Waals surface area contributed by atoms with E-state index >= 15 is 0 Å². The van der Waals surface area contributed by atoms with E-state index in [-0.39, 0.29) is 12.3 Å². The van der Waals surface area contributed by atoms with Crippen LogP contribution in [0.3, 0.4) is 0 Å². The Morgan fingerprint density at radius 3 is 1.61 bits per heavy atom. The van der Waals surface area contributed by atoms with Gasteiger partial charge in [-0.1, -0.05) is 158 Å². The maximum absolute atomic E-state index is 5.21. The predicted octanol–water partition coefficient (Wildman–Crippen LogP) is 11.4. The lowest BCUT2D eigenvalue weighted by Gasteiger charge is -2.32. The summed E-state index contributed by atoms with van der Waals surface area (Å²) in [5, 5.41) is 10.2. The molecule has 1 aromatic heterocycles. The Labute approximate surface area is 290 Å². The molecule has 4 heteroatoms. The normalized spacial score (nSPS) is 16.0. The van der Waals surface area contributed by atoms with Crippen LogP contribution in [0.15, 0.2) is 181 Å². The Bertz CT molecular complexity index is 2420. The molecule has 7 aromatic carbocycles. The molecule has 0 saturated heterocycles. The minimum absolute atomic E-state index is 0.151. The molecule has 0 aliphatic carbocycles. The first-order valence-electron chi connectivity index (χ1n) is 16.7. The molecule has 2 atom stereocenters. The molecule has 0 saturated carbocycles.